The van der Waals surface area contributed by atoms with Gasteiger partial charge in [-0.3, -0.25) is 4.40 Å². The first-order chi connectivity index (χ1) is 11.3. The summed E-state index contributed by atoms with van der Waals surface area (Å²) in [6, 6.07) is 14.1. The summed E-state index contributed by atoms with van der Waals surface area (Å²) >= 11 is 1.58. The van der Waals surface area contributed by atoms with Crippen LogP contribution in [0.5, 0.6) is 0 Å². The van der Waals surface area contributed by atoms with E-state index >= 15 is 0 Å². The Morgan fingerprint density at radius 1 is 1.17 bits per heavy atom. The number of aryl methyl sites for hydroxylation is 1. The smallest absolute Gasteiger partial charge is 0.237 e. The maximum absolute atomic E-state index is 5.35. The highest BCUT2D eigenvalue weighted by Crippen LogP contribution is 2.23. The number of pyridine rings is 1. The summed E-state index contributed by atoms with van der Waals surface area (Å²) in [6.45, 7) is 2.05. The summed E-state index contributed by atoms with van der Waals surface area (Å²) in [4.78, 5) is 8.89. The summed E-state index contributed by atoms with van der Waals surface area (Å²) in [7, 11) is 0. The number of aromatic nitrogens is 4. The summed E-state index contributed by atoms with van der Waals surface area (Å²) in [5.41, 5.74) is 3.21. The molecule has 0 atom stereocenters. The highest BCUT2D eigenvalue weighted by Gasteiger charge is 2.11. The van der Waals surface area contributed by atoms with Gasteiger partial charge in [0.25, 0.3) is 0 Å². The Morgan fingerprint density at radius 2 is 2.13 bits per heavy atom. The topological polar surface area (TPSA) is 56.2 Å². The first-order valence-electron chi connectivity index (χ1n) is 7.24. The van der Waals surface area contributed by atoms with Gasteiger partial charge in [0, 0.05) is 11.8 Å². The van der Waals surface area contributed by atoms with Crippen molar-refractivity contribution in [3.8, 4) is 11.4 Å². The van der Waals surface area contributed by atoms with Crippen LogP contribution in [-0.4, -0.2) is 19.5 Å². The molecule has 4 rings (SSSR count). The van der Waals surface area contributed by atoms with Gasteiger partial charge in [0.2, 0.25) is 11.7 Å². The van der Waals surface area contributed by atoms with E-state index in [-0.39, 0.29) is 0 Å². The van der Waals surface area contributed by atoms with Crippen LogP contribution in [0.15, 0.2) is 64.5 Å². The third-order valence-corrected chi connectivity index (χ3v) is 4.43. The van der Waals surface area contributed by atoms with Crippen molar-refractivity contribution in [2.24, 2.45) is 0 Å². The number of fused-ring (bicyclic) bond motifs is 1. The number of thioether (sulfide) groups is 1. The molecule has 0 N–H and O–H groups in total. The lowest BCUT2D eigenvalue weighted by Crippen LogP contribution is -1.88. The van der Waals surface area contributed by atoms with E-state index in [1.54, 1.807) is 11.8 Å². The summed E-state index contributed by atoms with van der Waals surface area (Å²) < 4.78 is 7.39. The Balaban J connectivity index is 1.52. The Kier molecular flexibility index (Phi) is 3.59. The Bertz CT molecular complexity index is 960. The van der Waals surface area contributed by atoms with Crippen molar-refractivity contribution >= 4 is 17.3 Å². The zero-order valence-electron chi connectivity index (χ0n) is 12.5. The maximum atomic E-state index is 5.35. The Morgan fingerprint density at radius 3 is 3.04 bits per heavy atom. The fraction of sp³-hybridized carbons (Fsp3) is 0.118. The molecule has 6 heteroatoms. The van der Waals surface area contributed by atoms with Crippen molar-refractivity contribution in [1.29, 1.82) is 0 Å². The molecular weight excluding hydrogens is 308 g/mol. The molecule has 23 heavy (non-hydrogen) atoms. The molecule has 5 nitrogen and oxygen atoms in total. The lowest BCUT2D eigenvalue weighted by Gasteiger charge is -1.98. The number of imidazole rings is 1. The van der Waals surface area contributed by atoms with Gasteiger partial charge in [-0.05, 0) is 25.1 Å². The third-order valence-electron chi connectivity index (χ3n) is 3.47. The van der Waals surface area contributed by atoms with E-state index in [9.17, 15) is 0 Å². The molecule has 3 aromatic heterocycles. The molecule has 0 aliphatic heterocycles. The van der Waals surface area contributed by atoms with Crippen molar-refractivity contribution in [2.45, 2.75) is 17.8 Å². The lowest BCUT2D eigenvalue weighted by molar-refractivity contribution is 0.391. The predicted molar refractivity (Wildman–Crippen MR) is 89.2 cm³/mol. The average Bonchev–Trinajstić information content (AvgIpc) is 3.20. The molecule has 0 aliphatic carbocycles. The number of rotatable bonds is 4. The predicted octanol–water partition coefficient (Wildman–Crippen LogP) is 3.99. The standard InChI is InChI=1S/C17H14N4OS/c1-12-5-4-6-13(9-12)16-19-15(22-20-16)11-23-17-18-10-14-7-2-3-8-21(14)17/h2-10H,11H2,1H3. The van der Waals surface area contributed by atoms with E-state index in [0.717, 1.165) is 16.2 Å². The number of hydrogen-bond acceptors (Lipinski definition) is 5. The van der Waals surface area contributed by atoms with E-state index in [4.69, 9.17) is 4.52 Å². The minimum atomic E-state index is 0.590. The van der Waals surface area contributed by atoms with Crippen LogP contribution in [0.3, 0.4) is 0 Å². The second kappa shape index (κ2) is 5.89. The zero-order valence-corrected chi connectivity index (χ0v) is 13.3. The molecule has 0 saturated heterocycles. The van der Waals surface area contributed by atoms with Gasteiger partial charge in [-0.2, -0.15) is 4.98 Å². The molecule has 0 unspecified atom stereocenters. The van der Waals surface area contributed by atoms with Crippen LogP contribution in [0.2, 0.25) is 0 Å². The van der Waals surface area contributed by atoms with Crippen molar-refractivity contribution in [3.05, 3.63) is 66.3 Å². The van der Waals surface area contributed by atoms with Crippen molar-refractivity contribution in [2.75, 3.05) is 0 Å². The first-order valence-corrected chi connectivity index (χ1v) is 8.23. The zero-order chi connectivity index (χ0) is 15.6. The van der Waals surface area contributed by atoms with Crippen molar-refractivity contribution in [3.63, 3.8) is 0 Å². The Hall–Kier alpha value is -2.60. The first kappa shape index (κ1) is 14.0. The van der Waals surface area contributed by atoms with E-state index < -0.39 is 0 Å². The second-order valence-electron chi connectivity index (χ2n) is 5.21. The summed E-state index contributed by atoms with van der Waals surface area (Å²) in [6.07, 6.45) is 3.85. The molecule has 3 heterocycles. The minimum absolute atomic E-state index is 0.590. The van der Waals surface area contributed by atoms with Crippen LogP contribution in [0, 0.1) is 6.92 Å². The van der Waals surface area contributed by atoms with Crippen LogP contribution in [0.4, 0.5) is 0 Å². The quantitative estimate of drug-likeness (QED) is 0.532. The normalized spacial score (nSPS) is 11.2. The summed E-state index contributed by atoms with van der Waals surface area (Å²) in [5.74, 6) is 1.81. The highest BCUT2D eigenvalue weighted by molar-refractivity contribution is 7.98. The minimum Gasteiger partial charge on any atom is -0.338 e. The maximum Gasteiger partial charge on any atom is 0.237 e. The van der Waals surface area contributed by atoms with Gasteiger partial charge in [-0.15, -0.1) is 0 Å². The lowest BCUT2D eigenvalue weighted by atomic mass is 10.1. The molecular formula is C17H14N4OS. The van der Waals surface area contributed by atoms with E-state index in [2.05, 4.69) is 15.1 Å². The van der Waals surface area contributed by atoms with Crippen molar-refractivity contribution < 1.29 is 4.52 Å². The SMILES string of the molecule is Cc1cccc(-c2noc(CSc3ncc4ccccn34)n2)c1. The fourth-order valence-corrected chi connectivity index (χ4v) is 3.17. The van der Waals surface area contributed by atoms with Crippen LogP contribution in [-0.2, 0) is 5.75 Å². The fourth-order valence-electron chi connectivity index (χ4n) is 2.37. The average molecular weight is 322 g/mol. The van der Waals surface area contributed by atoms with Crippen molar-refractivity contribution in [1.82, 2.24) is 19.5 Å². The third kappa shape index (κ3) is 2.85. The summed E-state index contributed by atoms with van der Waals surface area (Å²) in [5, 5.41) is 4.98. The molecule has 0 radical (unpaired) electrons. The molecule has 0 aliphatic rings. The second-order valence-corrected chi connectivity index (χ2v) is 6.15. The van der Waals surface area contributed by atoms with E-state index in [1.165, 1.54) is 5.56 Å². The van der Waals surface area contributed by atoms with E-state index in [0.29, 0.717) is 17.5 Å². The molecule has 114 valence electrons. The molecule has 0 spiro atoms. The van der Waals surface area contributed by atoms with E-state index in [1.807, 2.05) is 66.2 Å². The largest absolute Gasteiger partial charge is 0.338 e. The number of hydrogen-bond donors (Lipinski definition) is 0. The van der Waals surface area contributed by atoms with Gasteiger partial charge in [-0.25, -0.2) is 4.98 Å². The van der Waals surface area contributed by atoms with Gasteiger partial charge in [0.1, 0.15) is 0 Å². The van der Waals surface area contributed by atoms with Gasteiger partial charge in [-0.1, -0.05) is 46.7 Å². The molecule has 0 amide bonds. The van der Waals surface area contributed by atoms with Gasteiger partial charge in [0.05, 0.1) is 17.5 Å². The molecule has 1 aromatic carbocycles. The number of nitrogens with zero attached hydrogens (tertiary/aromatic N) is 4. The number of benzene rings is 1. The van der Waals surface area contributed by atoms with Gasteiger partial charge >= 0.3 is 0 Å². The van der Waals surface area contributed by atoms with Crippen LogP contribution >= 0.6 is 11.8 Å². The Labute approximate surface area is 137 Å². The molecule has 4 aromatic rings. The highest BCUT2D eigenvalue weighted by atomic mass is 32.2. The molecule has 0 bridgehead atoms. The molecule has 0 fully saturated rings. The van der Waals surface area contributed by atoms with Crippen LogP contribution < -0.4 is 0 Å². The van der Waals surface area contributed by atoms with Crippen LogP contribution in [0.1, 0.15) is 11.5 Å². The molecule has 0 saturated carbocycles. The van der Waals surface area contributed by atoms with Gasteiger partial charge in [0.15, 0.2) is 5.16 Å². The van der Waals surface area contributed by atoms with Crippen LogP contribution in [0.25, 0.3) is 16.9 Å². The van der Waals surface area contributed by atoms with Gasteiger partial charge < -0.3 is 4.52 Å². The monoisotopic (exact) mass is 322 g/mol.